The highest BCUT2D eigenvalue weighted by molar-refractivity contribution is 7.89. The van der Waals surface area contributed by atoms with Crippen LogP contribution in [-0.2, 0) is 20.0 Å². The molecule has 0 aromatic heterocycles. The third kappa shape index (κ3) is 4.30. The second-order valence-electron chi connectivity index (χ2n) is 6.56. The molecule has 0 bridgehead atoms. The Labute approximate surface area is 158 Å². The van der Waals surface area contributed by atoms with Crippen LogP contribution in [0.25, 0.3) is 0 Å². The molecule has 26 heavy (non-hydrogen) atoms. The number of nitrogens with zero attached hydrogens (tertiary/aromatic N) is 2. The van der Waals surface area contributed by atoms with E-state index in [1.54, 1.807) is 18.2 Å². The van der Waals surface area contributed by atoms with Crippen molar-refractivity contribution in [2.24, 2.45) is 0 Å². The van der Waals surface area contributed by atoms with Crippen molar-refractivity contribution in [2.75, 3.05) is 19.6 Å². The van der Waals surface area contributed by atoms with Gasteiger partial charge in [-0.05, 0) is 37.1 Å². The van der Waals surface area contributed by atoms with E-state index < -0.39 is 20.0 Å². The van der Waals surface area contributed by atoms with Crippen molar-refractivity contribution in [1.29, 1.82) is 0 Å². The maximum Gasteiger partial charge on any atom is 0.243 e. The van der Waals surface area contributed by atoms with E-state index >= 15 is 0 Å². The molecule has 1 aliphatic rings. The van der Waals surface area contributed by atoms with Gasteiger partial charge < -0.3 is 0 Å². The van der Waals surface area contributed by atoms with E-state index in [0.717, 1.165) is 32.1 Å². The van der Waals surface area contributed by atoms with Crippen LogP contribution in [0.3, 0.4) is 0 Å². The van der Waals surface area contributed by atoms with Crippen LogP contribution in [0.5, 0.6) is 0 Å². The maximum atomic E-state index is 13.0. The van der Waals surface area contributed by atoms with Gasteiger partial charge in [0.2, 0.25) is 20.0 Å². The lowest BCUT2D eigenvalue weighted by Crippen LogP contribution is -2.41. The van der Waals surface area contributed by atoms with Gasteiger partial charge in [-0.25, -0.2) is 16.8 Å². The van der Waals surface area contributed by atoms with Crippen molar-refractivity contribution >= 4 is 20.0 Å². The van der Waals surface area contributed by atoms with Crippen molar-refractivity contribution in [3.8, 4) is 0 Å². The van der Waals surface area contributed by atoms with Crippen LogP contribution in [0.2, 0.25) is 0 Å². The average molecular weight is 403 g/mol. The molecule has 1 saturated carbocycles. The predicted octanol–water partition coefficient (Wildman–Crippen LogP) is 3.06. The summed E-state index contributed by atoms with van der Waals surface area (Å²) in [5, 5.41) is 0. The third-order valence-electron chi connectivity index (χ3n) is 5.07. The van der Waals surface area contributed by atoms with Gasteiger partial charge in [0, 0.05) is 25.7 Å². The predicted molar refractivity (Wildman–Crippen MR) is 103 cm³/mol. The van der Waals surface area contributed by atoms with Crippen molar-refractivity contribution in [1.82, 2.24) is 8.61 Å². The van der Waals surface area contributed by atoms with E-state index in [2.05, 4.69) is 0 Å². The Hall–Kier alpha value is -0.960. The van der Waals surface area contributed by atoms with Gasteiger partial charge in [-0.15, -0.1) is 0 Å². The molecule has 0 amide bonds. The molecule has 0 N–H and O–H groups in total. The summed E-state index contributed by atoms with van der Waals surface area (Å²) in [5.41, 5.74) is 0. The van der Waals surface area contributed by atoms with Gasteiger partial charge in [-0.1, -0.05) is 40.0 Å². The van der Waals surface area contributed by atoms with Gasteiger partial charge in [0.05, 0.1) is 9.79 Å². The van der Waals surface area contributed by atoms with Crippen molar-refractivity contribution in [3.63, 3.8) is 0 Å². The van der Waals surface area contributed by atoms with Crippen LogP contribution in [0.15, 0.2) is 34.1 Å². The minimum absolute atomic E-state index is 0.0397. The topological polar surface area (TPSA) is 74.8 Å². The highest BCUT2D eigenvalue weighted by Gasteiger charge is 2.31. The fourth-order valence-corrected chi connectivity index (χ4v) is 6.78. The standard InChI is InChI=1S/C18H30N2O4S2/c1-4-19(5-2)25(21,22)17-12-14-18(15-13-17)26(23,24)20(6-3)16-10-8-7-9-11-16/h12-16H,4-11H2,1-3H3. The Kier molecular flexibility index (Phi) is 7.24. The minimum Gasteiger partial charge on any atom is -0.207 e. The highest BCUT2D eigenvalue weighted by Crippen LogP contribution is 2.28. The minimum atomic E-state index is -3.62. The van der Waals surface area contributed by atoms with Crippen LogP contribution in [0.1, 0.15) is 52.9 Å². The van der Waals surface area contributed by atoms with E-state index in [4.69, 9.17) is 0 Å². The SMILES string of the molecule is CCN(CC)S(=O)(=O)c1ccc(S(=O)(=O)N(CC)C2CCCCC2)cc1. The molecular weight excluding hydrogens is 372 g/mol. The lowest BCUT2D eigenvalue weighted by molar-refractivity contribution is 0.261. The average Bonchev–Trinajstić information content (AvgIpc) is 2.64. The van der Waals surface area contributed by atoms with Gasteiger partial charge in [0.15, 0.2) is 0 Å². The molecule has 6 nitrogen and oxygen atoms in total. The summed E-state index contributed by atoms with van der Waals surface area (Å²) in [4.78, 5) is 0.282. The summed E-state index contributed by atoms with van der Waals surface area (Å²) in [6, 6.07) is 5.66. The molecule has 0 heterocycles. The summed E-state index contributed by atoms with van der Waals surface area (Å²) in [5.74, 6) is 0. The molecule has 0 atom stereocenters. The van der Waals surface area contributed by atoms with Crippen molar-refractivity contribution in [3.05, 3.63) is 24.3 Å². The first-order valence-corrected chi connectivity index (χ1v) is 12.3. The Balaban J connectivity index is 2.31. The van der Waals surface area contributed by atoms with Gasteiger partial charge in [-0.3, -0.25) is 0 Å². The first-order valence-electron chi connectivity index (χ1n) is 9.41. The van der Waals surface area contributed by atoms with Gasteiger partial charge in [-0.2, -0.15) is 8.61 Å². The molecule has 0 saturated heterocycles. The van der Waals surface area contributed by atoms with Crippen LogP contribution >= 0.6 is 0 Å². The first kappa shape index (κ1) is 21.3. The van der Waals surface area contributed by atoms with Crippen molar-refractivity contribution < 1.29 is 16.8 Å². The van der Waals surface area contributed by atoms with Gasteiger partial charge in [0.25, 0.3) is 0 Å². The zero-order valence-corrected chi connectivity index (χ0v) is 17.5. The summed E-state index contributed by atoms with van der Waals surface area (Å²) in [6.45, 7) is 6.60. The largest absolute Gasteiger partial charge is 0.243 e. The Morgan fingerprint density at radius 2 is 1.23 bits per heavy atom. The van der Waals surface area contributed by atoms with E-state index in [0.29, 0.717) is 19.6 Å². The Bertz CT molecular complexity index is 779. The number of sulfonamides is 2. The first-order chi connectivity index (χ1) is 12.3. The highest BCUT2D eigenvalue weighted by atomic mass is 32.2. The lowest BCUT2D eigenvalue weighted by atomic mass is 9.95. The smallest absolute Gasteiger partial charge is 0.207 e. The van der Waals surface area contributed by atoms with Crippen LogP contribution < -0.4 is 0 Å². The Morgan fingerprint density at radius 3 is 1.65 bits per heavy atom. The molecular formula is C18H30N2O4S2. The molecule has 8 heteroatoms. The zero-order chi connectivity index (χ0) is 19.4. The number of rotatable bonds is 8. The molecule has 1 fully saturated rings. The van der Waals surface area contributed by atoms with Crippen LogP contribution in [0.4, 0.5) is 0 Å². The fourth-order valence-electron chi connectivity index (χ4n) is 3.63. The van der Waals surface area contributed by atoms with E-state index in [-0.39, 0.29) is 15.8 Å². The quantitative estimate of drug-likeness (QED) is 0.670. The Morgan fingerprint density at radius 1 is 0.769 bits per heavy atom. The monoisotopic (exact) mass is 402 g/mol. The molecule has 2 rings (SSSR count). The third-order valence-corrected chi connectivity index (χ3v) is 9.17. The summed E-state index contributed by atoms with van der Waals surface area (Å²) >= 11 is 0. The maximum absolute atomic E-state index is 13.0. The van der Waals surface area contributed by atoms with Crippen LogP contribution in [0, 0.1) is 0 Å². The van der Waals surface area contributed by atoms with Gasteiger partial charge in [0.1, 0.15) is 0 Å². The molecule has 1 aliphatic carbocycles. The lowest BCUT2D eigenvalue weighted by Gasteiger charge is -2.32. The van der Waals surface area contributed by atoms with E-state index in [1.165, 1.54) is 28.6 Å². The normalized spacial score (nSPS) is 17.1. The summed E-state index contributed by atoms with van der Waals surface area (Å²) < 4.78 is 54.1. The number of benzene rings is 1. The second-order valence-corrected chi connectivity index (χ2v) is 10.4. The summed E-state index contributed by atoms with van der Waals surface area (Å²) in [7, 11) is -7.20. The molecule has 0 spiro atoms. The molecule has 0 aliphatic heterocycles. The fraction of sp³-hybridized carbons (Fsp3) is 0.667. The van der Waals surface area contributed by atoms with Crippen LogP contribution in [-0.4, -0.2) is 51.1 Å². The second kappa shape index (κ2) is 8.82. The van der Waals surface area contributed by atoms with E-state index in [9.17, 15) is 16.8 Å². The van der Waals surface area contributed by atoms with E-state index in [1.807, 2.05) is 6.92 Å². The number of hydrogen-bond acceptors (Lipinski definition) is 4. The molecule has 1 aromatic rings. The van der Waals surface area contributed by atoms with Crippen molar-refractivity contribution in [2.45, 2.75) is 68.7 Å². The molecule has 1 aromatic carbocycles. The number of hydrogen-bond donors (Lipinski definition) is 0. The molecule has 0 radical (unpaired) electrons. The summed E-state index contributed by atoms with van der Waals surface area (Å²) in [6.07, 6.45) is 5.05. The van der Waals surface area contributed by atoms with Gasteiger partial charge >= 0.3 is 0 Å². The zero-order valence-electron chi connectivity index (χ0n) is 15.9. The molecule has 0 unspecified atom stereocenters. The molecule has 148 valence electrons.